The van der Waals surface area contributed by atoms with Crippen molar-refractivity contribution in [2.75, 3.05) is 24.5 Å². The SMILES string of the molecule is O=C(O)c1ccc2c(c1)CC[C@@H]1CN(Cc3c(-c4ccccc4)cc(F)c(F)c3F)CCN21. The summed E-state index contributed by atoms with van der Waals surface area (Å²) >= 11 is 0. The van der Waals surface area contributed by atoms with E-state index in [2.05, 4.69) is 9.80 Å². The third-order valence-corrected chi connectivity index (χ3v) is 6.68. The highest BCUT2D eigenvalue weighted by Crippen LogP contribution is 2.35. The molecule has 1 atom stereocenters. The molecule has 2 aliphatic rings. The molecule has 5 rings (SSSR count). The number of hydrogen-bond donors (Lipinski definition) is 1. The number of piperazine rings is 1. The molecule has 0 bridgehead atoms. The molecule has 0 radical (unpaired) electrons. The lowest BCUT2D eigenvalue weighted by Gasteiger charge is -2.46. The number of carboxylic acid groups (broad SMARTS) is 1. The Morgan fingerprint density at radius 2 is 1.79 bits per heavy atom. The second kappa shape index (κ2) is 8.56. The van der Waals surface area contributed by atoms with Crippen molar-refractivity contribution in [3.63, 3.8) is 0 Å². The fourth-order valence-electron chi connectivity index (χ4n) is 5.03. The van der Waals surface area contributed by atoms with Gasteiger partial charge in [-0.05, 0) is 53.8 Å². The summed E-state index contributed by atoms with van der Waals surface area (Å²) in [6.07, 6.45) is 1.61. The number of rotatable bonds is 4. The first-order chi connectivity index (χ1) is 15.9. The molecule has 7 heteroatoms. The smallest absolute Gasteiger partial charge is 0.335 e. The Morgan fingerprint density at radius 3 is 2.55 bits per heavy atom. The van der Waals surface area contributed by atoms with E-state index < -0.39 is 23.4 Å². The highest BCUT2D eigenvalue weighted by atomic mass is 19.2. The van der Waals surface area contributed by atoms with Gasteiger partial charge in [0.25, 0.3) is 0 Å². The van der Waals surface area contributed by atoms with Crippen molar-refractivity contribution < 1.29 is 23.1 Å². The van der Waals surface area contributed by atoms with Gasteiger partial charge in [0.15, 0.2) is 17.5 Å². The number of aromatic carboxylic acids is 1. The van der Waals surface area contributed by atoms with Crippen LogP contribution in [0.1, 0.15) is 27.9 Å². The first-order valence-electron chi connectivity index (χ1n) is 11.0. The van der Waals surface area contributed by atoms with Crippen LogP contribution in [0.2, 0.25) is 0 Å². The predicted molar refractivity (Wildman–Crippen MR) is 120 cm³/mol. The Morgan fingerprint density at radius 1 is 1.00 bits per heavy atom. The van der Waals surface area contributed by atoms with E-state index in [1.807, 2.05) is 12.1 Å². The van der Waals surface area contributed by atoms with E-state index in [0.717, 1.165) is 30.2 Å². The minimum Gasteiger partial charge on any atom is -0.478 e. The number of carbonyl (C=O) groups is 1. The Labute approximate surface area is 189 Å². The third kappa shape index (κ3) is 3.97. The van der Waals surface area contributed by atoms with Crippen LogP contribution in [-0.2, 0) is 13.0 Å². The summed E-state index contributed by atoms with van der Waals surface area (Å²) in [6, 6.07) is 15.4. The average molecular weight is 452 g/mol. The number of aryl methyl sites for hydroxylation is 1. The quantitative estimate of drug-likeness (QED) is 0.559. The van der Waals surface area contributed by atoms with E-state index in [1.54, 1.807) is 36.4 Å². The zero-order chi connectivity index (χ0) is 23.1. The molecule has 0 unspecified atom stereocenters. The summed E-state index contributed by atoms with van der Waals surface area (Å²) in [4.78, 5) is 15.6. The van der Waals surface area contributed by atoms with E-state index >= 15 is 0 Å². The van der Waals surface area contributed by atoms with Gasteiger partial charge in [-0.25, -0.2) is 18.0 Å². The average Bonchev–Trinajstić information content (AvgIpc) is 2.84. The molecule has 2 aliphatic heterocycles. The van der Waals surface area contributed by atoms with Crippen molar-refractivity contribution in [3.8, 4) is 11.1 Å². The van der Waals surface area contributed by atoms with Crippen molar-refractivity contribution in [1.29, 1.82) is 0 Å². The molecule has 0 aliphatic carbocycles. The molecule has 3 aromatic rings. The molecule has 0 aromatic heterocycles. The Balaban J connectivity index is 1.40. The maximum Gasteiger partial charge on any atom is 0.335 e. The lowest BCUT2D eigenvalue weighted by atomic mass is 9.92. The summed E-state index contributed by atoms with van der Waals surface area (Å²) < 4.78 is 43.1. The molecule has 1 N–H and O–H groups in total. The van der Waals surface area contributed by atoms with E-state index in [-0.39, 0.29) is 23.7 Å². The summed E-state index contributed by atoms with van der Waals surface area (Å²) in [5, 5.41) is 9.26. The predicted octanol–water partition coefficient (Wildman–Crippen LogP) is 5.11. The molecular weight excluding hydrogens is 429 g/mol. The molecule has 1 fully saturated rings. The van der Waals surface area contributed by atoms with Crippen LogP contribution < -0.4 is 4.90 Å². The standard InChI is InChI=1S/C26H23F3N2O2/c27-22-13-20(16-4-2-1-3-5-16)21(24(28)25(22)29)15-30-10-11-31-19(14-30)8-6-17-12-18(26(32)33)7-9-23(17)31/h1-5,7,9,12-13,19H,6,8,10-11,14-15H2,(H,32,33)/t19-/m1/s1. The number of benzene rings is 3. The number of carboxylic acids is 1. The van der Waals surface area contributed by atoms with Crippen LogP contribution in [0.25, 0.3) is 11.1 Å². The number of nitrogens with zero attached hydrogens (tertiary/aromatic N) is 2. The van der Waals surface area contributed by atoms with E-state index in [1.165, 1.54) is 0 Å². The van der Waals surface area contributed by atoms with Gasteiger partial charge in [-0.15, -0.1) is 0 Å². The third-order valence-electron chi connectivity index (χ3n) is 6.68. The van der Waals surface area contributed by atoms with Gasteiger partial charge in [-0.1, -0.05) is 30.3 Å². The lowest BCUT2D eigenvalue weighted by molar-refractivity contribution is 0.0696. The van der Waals surface area contributed by atoms with Crippen LogP contribution in [0.3, 0.4) is 0 Å². The molecule has 0 amide bonds. The van der Waals surface area contributed by atoms with Gasteiger partial charge < -0.3 is 10.0 Å². The van der Waals surface area contributed by atoms with Crippen molar-refractivity contribution in [2.24, 2.45) is 0 Å². The molecule has 0 saturated carbocycles. The van der Waals surface area contributed by atoms with Crippen LogP contribution in [0, 0.1) is 17.5 Å². The Bertz CT molecular complexity index is 1220. The molecule has 1 saturated heterocycles. The van der Waals surface area contributed by atoms with E-state index in [4.69, 9.17) is 0 Å². The van der Waals surface area contributed by atoms with Crippen molar-refractivity contribution in [3.05, 3.63) is 88.7 Å². The van der Waals surface area contributed by atoms with E-state index in [0.29, 0.717) is 30.8 Å². The van der Waals surface area contributed by atoms with Gasteiger partial charge in [0.2, 0.25) is 0 Å². The topological polar surface area (TPSA) is 43.8 Å². The zero-order valence-corrected chi connectivity index (χ0v) is 17.9. The lowest BCUT2D eigenvalue weighted by Crippen LogP contribution is -2.54. The molecular formula is C26H23F3N2O2. The number of anilines is 1. The second-order valence-electron chi connectivity index (χ2n) is 8.65. The van der Waals surface area contributed by atoms with Gasteiger partial charge in [-0.2, -0.15) is 0 Å². The maximum atomic E-state index is 14.9. The number of hydrogen-bond acceptors (Lipinski definition) is 3. The fourth-order valence-corrected chi connectivity index (χ4v) is 5.03. The summed E-state index contributed by atoms with van der Waals surface area (Å²) in [7, 11) is 0. The minimum absolute atomic E-state index is 0.163. The Kier molecular flexibility index (Phi) is 5.58. The summed E-state index contributed by atoms with van der Waals surface area (Å²) in [5.41, 5.74) is 3.52. The molecule has 0 spiro atoms. The van der Waals surface area contributed by atoms with Gasteiger partial charge in [0, 0.05) is 43.5 Å². The molecule has 3 aromatic carbocycles. The van der Waals surface area contributed by atoms with Crippen LogP contribution in [-0.4, -0.2) is 41.7 Å². The van der Waals surface area contributed by atoms with Crippen molar-refractivity contribution >= 4 is 11.7 Å². The van der Waals surface area contributed by atoms with Crippen LogP contribution in [0.4, 0.5) is 18.9 Å². The normalized spacial score (nSPS) is 18.0. The summed E-state index contributed by atoms with van der Waals surface area (Å²) in [6.45, 7) is 2.16. The molecule has 33 heavy (non-hydrogen) atoms. The molecule has 170 valence electrons. The fraction of sp³-hybridized carbons (Fsp3) is 0.269. The van der Waals surface area contributed by atoms with Gasteiger partial charge >= 0.3 is 5.97 Å². The Hall–Kier alpha value is -3.32. The zero-order valence-electron chi connectivity index (χ0n) is 17.9. The van der Waals surface area contributed by atoms with Crippen LogP contribution in [0.5, 0.6) is 0 Å². The molecule has 4 nitrogen and oxygen atoms in total. The van der Waals surface area contributed by atoms with Gasteiger partial charge in [0.1, 0.15) is 0 Å². The molecule has 2 heterocycles. The minimum atomic E-state index is -1.44. The second-order valence-corrected chi connectivity index (χ2v) is 8.65. The number of halogens is 3. The van der Waals surface area contributed by atoms with Gasteiger partial charge in [0.05, 0.1) is 5.56 Å². The first kappa shape index (κ1) is 21.5. The van der Waals surface area contributed by atoms with E-state index in [9.17, 15) is 23.1 Å². The van der Waals surface area contributed by atoms with Crippen LogP contribution >= 0.6 is 0 Å². The maximum absolute atomic E-state index is 14.9. The highest BCUT2D eigenvalue weighted by molar-refractivity contribution is 5.88. The number of fused-ring (bicyclic) bond motifs is 3. The highest BCUT2D eigenvalue weighted by Gasteiger charge is 2.33. The van der Waals surface area contributed by atoms with Crippen LogP contribution in [0.15, 0.2) is 54.6 Å². The monoisotopic (exact) mass is 452 g/mol. The summed E-state index contributed by atoms with van der Waals surface area (Å²) in [5.74, 6) is -4.70. The van der Waals surface area contributed by atoms with Crippen molar-refractivity contribution in [2.45, 2.75) is 25.4 Å². The van der Waals surface area contributed by atoms with Gasteiger partial charge in [-0.3, -0.25) is 4.90 Å². The first-order valence-corrected chi connectivity index (χ1v) is 11.0. The largest absolute Gasteiger partial charge is 0.478 e. The van der Waals surface area contributed by atoms with Crippen molar-refractivity contribution in [1.82, 2.24) is 4.90 Å².